The number of halogens is 2. The summed E-state index contributed by atoms with van der Waals surface area (Å²) in [7, 11) is 1.59. The zero-order chi connectivity index (χ0) is 17.8. The van der Waals surface area contributed by atoms with E-state index in [9.17, 15) is 9.18 Å². The van der Waals surface area contributed by atoms with Crippen molar-refractivity contribution in [3.05, 3.63) is 82.9 Å². The van der Waals surface area contributed by atoms with Gasteiger partial charge < -0.3 is 9.47 Å². The lowest BCUT2D eigenvalue weighted by Gasteiger charge is -2.18. The second kappa shape index (κ2) is 7.44. The van der Waals surface area contributed by atoms with E-state index in [0.717, 1.165) is 11.8 Å². The van der Waals surface area contributed by atoms with Crippen LogP contribution < -0.4 is 0 Å². The number of carbonyl (C=O) groups excluding carboxylic acids is 1. The molecule has 0 radical (unpaired) electrons. The number of benzene rings is 1. The molecule has 0 bridgehead atoms. The van der Waals surface area contributed by atoms with E-state index < -0.39 is 11.7 Å². The van der Waals surface area contributed by atoms with Gasteiger partial charge in [0.1, 0.15) is 11.0 Å². The zero-order valence-electron chi connectivity index (χ0n) is 13.6. The number of hydrogen-bond donors (Lipinski definition) is 0. The molecule has 0 spiro atoms. The second-order valence-electron chi connectivity index (χ2n) is 5.61. The van der Waals surface area contributed by atoms with E-state index >= 15 is 0 Å². The van der Waals surface area contributed by atoms with Gasteiger partial charge in [0, 0.05) is 26.0 Å². The number of rotatable bonds is 5. The molecular formula is C18H16ClFN4O. The molecule has 0 unspecified atom stereocenters. The summed E-state index contributed by atoms with van der Waals surface area (Å²) in [5.41, 5.74) is 1.02. The Bertz CT molecular complexity index is 882. The van der Waals surface area contributed by atoms with Crippen LogP contribution in [0.5, 0.6) is 0 Å². The van der Waals surface area contributed by atoms with Crippen molar-refractivity contribution in [3.63, 3.8) is 0 Å². The fourth-order valence-corrected chi connectivity index (χ4v) is 2.64. The fourth-order valence-electron chi connectivity index (χ4n) is 2.48. The molecule has 0 aliphatic heterocycles. The highest BCUT2D eigenvalue weighted by Gasteiger charge is 2.19. The van der Waals surface area contributed by atoms with Gasteiger partial charge in [-0.2, -0.15) is 0 Å². The second-order valence-corrected chi connectivity index (χ2v) is 5.99. The predicted molar refractivity (Wildman–Crippen MR) is 92.8 cm³/mol. The van der Waals surface area contributed by atoms with Crippen LogP contribution in [0.3, 0.4) is 0 Å². The van der Waals surface area contributed by atoms with Crippen LogP contribution in [0.25, 0.3) is 0 Å². The Morgan fingerprint density at radius 3 is 2.80 bits per heavy atom. The largest absolute Gasteiger partial charge is 0.334 e. The maximum atomic E-state index is 13.8. The van der Waals surface area contributed by atoms with Crippen molar-refractivity contribution >= 4 is 17.5 Å². The first kappa shape index (κ1) is 17.1. The van der Waals surface area contributed by atoms with Crippen LogP contribution >= 0.6 is 11.6 Å². The molecule has 0 aliphatic carbocycles. The molecule has 1 aromatic carbocycles. The van der Waals surface area contributed by atoms with Crippen LogP contribution in [0.4, 0.5) is 4.39 Å². The molecule has 5 nitrogen and oxygen atoms in total. The van der Waals surface area contributed by atoms with Crippen LogP contribution in [0.15, 0.2) is 55.0 Å². The lowest BCUT2D eigenvalue weighted by molar-refractivity contribution is 0.0775. The van der Waals surface area contributed by atoms with Crippen molar-refractivity contribution in [2.45, 2.75) is 13.1 Å². The average Bonchev–Trinajstić information content (AvgIpc) is 3.04. The maximum Gasteiger partial charge on any atom is 0.257 e. The van der Waals surface area contributed by atoms with Gasteiger partial charge in [-0.15, -0.1) is 0 Å². The smallest absolute Gasteiger partial charge is 0.257 e. The fraction of sp³-hybridized carbons (Fsp3) is 0.167. The van der Waals surface area contributed by atoms with Crippen LogP contribution in [0.2, 0.25) is 5.15 Å². The Morgan fingerprint density at radius 2 is 2.04 bits per heavy atom. The number of imidazole rings is 1. The monoisotopic (exact) mass is 358 g/mol. The number of hydrogen-bond acceptors (Lipinski definition) is 3. The summed E-state index contributed by atoms with van der Waals surface area (Å²) in [5.74, 6) is -0.467. The quantitative estimate of drug-likeness (QED) is 0.657. The van der Waals surface area contributed by atoms with Gasteiger partial charge in [0.25, 0.3) is 5.91 Å². The Morgan fingerprint density at radius 1 is 1.28 bits per heavy atom. The summed E-state index contributed by atoms with van der Waals surface area (Å²) in [6, 6.07) is 11.2. The first-order chi connectivity index (χ1) is 12.0. The summed E-state index contributed by atoms with van der Waals surface area (Å²) >= 11 is 5.76. The lowest BCUT2D eigenvalue weighted by Crippen LogP contribution is -2.28. The third kappa shape index (κ3) is 4.03. The molecule has 0 saturated carbocycles. The Hall–Kier alpha value is -2.73. The Kier molecular flexibility index (Phi) is 5.09. The minimum Gasteiger partial charge on any atom is -0.334 e. The first-order valence-corrected chi connectivity index (χ1v) is 8.03. The van der Waals surface area contributed by atoms with Crippen LogP contribution in [-0.4, -0.2) is 32.4 Å². The van der Waals surface area contributed by atoms with Gasteiger partial charge in [0.2, 0.25) is 0 Å². The molecular weight excluding hydrogens is 343 g/mol. The highest BCUT2D eigenvalue weighted by atomic mass is 35.5. The molecule has 0 saturated heterocycles. The van der Waals surface area contributed by atoms with Gasteiger partial charge in [0.15, 0.2) is 5.82 Å². The normalized spacial score (nSPS) is 10.7. The molecule has 2 heterocycles. The highest BCUT2D eigenvalue weighted by molar-refractivity contribution is 6.29. The number of nitrogens with zero attached hydrogens (tertiary/aromatic N) is 4. The average molecular weight is 359 g/mol. The van der Waals surface area contributed by atoms with Crippen molar-refractivity contribution in [1.29, 1.82) is 0 Å². The number of carbonyl (C=O) groups is 1. The van der Waals surface area contributed by atoms with Gasteiger partial charge in [-0.3, -0.25) is 4.79 Å². The molecule has 1 amide bonds. The summed E-state index contributed by atoms with van der Waals surface area (Å²) in [5, 5.41) is 0.0729. The Labute approximate surface area is 149 Å². The summed E-state index contributed by atoms with van der Waals surface area (Å²) in [6.07, 6.45) is 4.48. The van der Waals surface area contributed by atoms with Gasteiger partial charge in [-0.05, 0) is 11.6 Å². The van der Waals surface area contributed by atoms with Gasteiger partial charge >= 0.3 is 0 Å². The number of pyridine rings is 1. The zero-order valence-corrected chi connectivity index (χ0v) is 14.3. The highest BCUT2D eigenvalue weighted by Crippen LogP contribution is 2.15. The van der Waals surface area contributed by atoms with E-state index in [1.54, 1.807) is 13.2 Å². The third-order valence-electron chi connectivity index (χ3n) is 3.78. The molecule has 25 heavy (non-hydrogen) atoms. The van der Waals surface area contributed by atoms with E-state index in [1.165, 1.54) is 11.0 Å². The molecule has 2 aromatic heterocycles. The minimum absolute atomic E-state index is 0.0729. The predicted octanol–water partition coefficient (Wildman–Crippen LogP) is 3.39. The number of amides is 1. The van der Waals surface area contributed by atoms with Gasteiger partial charge in [0.05, 0.1) is 18.3 Å². The maximum absolute atomic E-state index is 13.8. The van der Waals surface area contributed by atoms with Gasteiger partial charge in [-0.25, -0.2) is 14.4 Å². The van der Waals surface area contributed by atoms with Gasteiger partial charge in [-0.1, -0.05) is 41.9 Å². The van der Waals surface area contributed by atoms with Crippen molar-refractivity contribution in [2.75, 3.05) is 7.05 Å². The van der Waals surface area contributed by atoms with E-state index in [0.29, 0.717) is 12.4 Å². The van der Waals surface area contributed by atoms with Crippen molar-refractivity contribution < 1.29 is 9.18 Å². The van der Waals surface area contributed by atoms with Crippen molar-refractivity contribution in [2.24, 2.45) is 0 Å². The molecule has 7 heteroatoms. The van der Waals surface area contributed by atoms with Crippen molar-refractivity contribution in [1.82, 2.24) is 19.4 Å². The topological polar surface area (TPSA) is 51.0 Å². The van der Waals surface area contributed by atoms with E-state index in [4.69, 9.17) is 11.6 Å². The van der Waals surface area contributed by atoms with Crippen LogP contribution in [0.1, 0.15) is 21.7 Å². The Balaban J connectivity index is 1.75. The van der Waals surface area contributed by atoms with E-state index in [-0.39, 0.29) is 17.3 Å². The molecule has 128 valence electrons. The van der Waals surface area contributed by atoms with Crippen LogP contribution in [-0.2, 0) is 13.1 Å². The molecule has 3 rings (SSSR count). The summed E-state index contributed by atoms with van der Waals surface area (Å²) < 4.78 is 15.8. The lowest BCUT2D eigenvalue weighted by atomic mass is 10.2. The molecule has 3 aromatic rings. The summed E-state index contributed by atoms with van der Waals surface area (Å²) in [6.45, 7) is 0.895. The van der Waals surface area contributed by atoms with Crippen LogP contribution in [0, 0.1) is 5.82 Å². The molecule has 0 fully saturated rings. The molecule has 0 aliphatic rings. The minimum atomic E-state index is -0.700. The molecule has 0 atom stereocenters. The standard InChI is InChI=1S/C18H16ClFN4O/c1-23(18(25)14-9-16(19)22-10-15(14)20)12-17-21-7-8-24(17)11-13-5-3-2-4-6-13/h2-10H,11-12H2,1H3. The van der Waals surface area contributed by atoms with E-state index in [1.807, 2.05) is 41.1 Å². The molecule has 0 N–H and O–H groups in total. The first-order valence-electron chi connectivity index (χ1n) is 7.65. The number of aromatic nitrogens is 3. The van der Waals surface area contributed by atoms with Crippen molar-refractivity contribution in [3.8, 4) is 0 Å². The van der Waals surface area contributed by atoms with E-state index in [2.05, 4.69) is 9.97 Å². The SMILES string of the molecule is CN(Cc1nccn1Cc1ccccc1)C(=O)c1cc(Cl)ncc1F. The summed E-state index contributed by atoms with van der Waals surface area (Å²) in [4.78, 5) is 21.8. The third-order valence-corrected chi connectivity index (χ3v) is 3.98.